The average Bonchev–Trinajstić information content (AvgIpc) is 2.19. The number of hydrogen-bond donors (Lipinski definition) is 4. The van der Waals surface area contributed by atoms with Crippen molar-refractivity contribution in [3.05, 3.63) is 0 Å². The number of rotatable bonds is 8. The van der Waals surface area contributed by atoms with E-state index in [0.717, 1.165) is 0 Å². The minimum atomic E-state index is -3.19. The van der Waals surface area contributed by atoms with Gasteiger partial charge in [-0.2, -0.15) is 0 Å². The second kappa shape index (κ2) is 7.49. The Morgan fingerprint density at radius 3 is 1.47 bits per heavy atom. The Hall–Kier alpha value is 0.220. The van der Waals surface area contributed by atoms with Crippen LogP contribution in [0.2, 0.25) is 0 Å². The lowest BCUT2D eigenvalue weighted by atomic mass is 9.93. The van der Waals surface area contributed by atoms with Crippen LogP contribution in [0.3, 0.4) is 0 Å². The van der Waals surface area contributed by atoms with Crippen LogP contribution in [0.5, 0.6) is 0 Å². The highest BCUT2D eigenvalue weighted by molar-refractivity contribution is 7.32. The summed E-state index contributed by atoms with van der Waals surface area (Å²) in [5, 5.41) is 17.9. The molecule has 0 aliphatic heterocycles. The van der Waals surface area contributed by atoms with Crippen molar-refractivity contribution in [1.29, 1.82) is 0 Å². The van der Waals surface area contributed by atoms with E-state index in [9.17, 15) is 9.13 Å². The number of aliphatic hydroxyl groups is 2. The van der Waals surface area contributed by atoms with Crippen LogP contribution < -0.4 is 0 Å². The van der Waals surface area contributed by atoms with Gasteiger partial charge in [-0.25, -0.2) is 0 Å². The molecule has 0 saturated heterocycles. The normalized spacial score (nSPS) is 16.3. The van der Waals surface area contributed by atoms with E-state index >= 15 is 0 Å². The molecule has 0 aromatic rings. The molecule has 0 aliphatic carbocycles. The standard InChI is InChI=1S/C5H14O8P2/c6-1-5(2-7,3-12-14(8)9)4-13-15(10)11/h6-7,14-15H,1-4H2,(H,8,9)(H,10,11). The lowest BCUT2D eigenvalue weighted by Crippen LogP contribution is -2.38. The zero-order valence-corrected chi connectivity index (χ0v) is 9.75. The summed E-state index contributed by atoms with van der Waals surface area (Å²) in [6.07, 6.45) is 0. The van der Waals surface area contributed by atoms with Gasteiger partial charge in [0, 0.05) is 0 Å². The Balaban J connectivity index is 4.29. The lowest BCUT2D eigenvalue weighted by Gasteiger charge is -2.27. The largest absolute Gasteiger partial charge is 0.396 e. The SMILES string of the molecule is O=[PH](O)OCC(CO)(CO)CO[PH](=O)O. The smallest absolute Gasteiger partial charge is 0.316 e. The first-order chi connectivity index (χ1) is 6.95. The summed E-state index contributed by atoms with van der Waals surface area (Å²) in [5.74, 6) is 0. The van der Waals surface area contributed by atoms with Crippen molar-refractivity contribution >= 4 is 16.5 Å². The van der Waals surface area contributed by atoms with Gasteiger partial charge in [0.25, 0.3) is 0 Å². The fourth-order valence-electron chi connectivity index (χ4n) is 0.704. The maximum Gasteiger partial charge on any atom is 0.316 e. The zero-order valence-electron chi connectivity index (χ0n) is 7.75. The third-order valence-electron chi connectivity index (χ3n) is 1.67. The van der Waals surface area contributed by atoms with Gasteiger partial charge in [-0.15, -0.1) is 0 Å². The summed E-state index contributed by atoms with van der Waals surface area (Å²) in [6.45, 7) is -2.09. The van der Waals surface area contributed by atoms with E-state index in [0.29, 0.717) is 0 Å². The van der Waals surface area contributed by atoms with Crippen LogP contribution in [-0.4, -0.2) is 46.4 Å². The zero-order chi connectivity index (χ0) is 11.9. The van der Waals surface area contributed by atoms with Crippen molar-refractivity contribution in [2.75, 3.05) is 26.4 Å². The van der Waals surface area contributed by atoms with Crippen LogP contribution in [-0.2, 0) is 18.2 Å². The predicted molar refractivity (Wildman–Crippen MR) is 50.9 cm³/mol. The monoisotopic (exact) mass is 264 g/mol. The van der Waals surface area contributed by atoms with Gasteiger partial charge in [-0.1, -0.05) is 0 Å². The average molecular weight is 264 g/mol. The van der Waals surface area contributed by atoms with E-state index in [1.165, 1.54) is 0 Å². The minimum absolute atomic E-state index is 0.441. The van der Waals surface area contributed by atoms with E-state index in [4.69, 9.17) is 20.0 Å². The summed E-state index contributed by atoms with van der Waals surface area (Å²) < 4.78 is 29.2. The van der Waals surface area contributed by atoms with Gasteiger partial charge in [-0.05, 0) is 0 Å². The van der Waals surface area contributed by atoms with Crippen molar-refractivity contribution in [2.24, 2.45) is 5.41 Å². The fraction of sp³-hybridized carbons (Fsp3) is 1.00. The van der Waals surface area contributed by atoms with Gasteiger partial charge in [0.05, 0.1) is 31.8 Å². The molecule has 0 spiro atoms. The molecule has 0 fully saturated rings. The second-order valence-corrected chi connectivity index (χ2v) is 4.57. The van der Waals surface area contributed by atoms with Crippen molar-refractivity contribution in [1.82, 2.24) is 0 Å². The van der Waals surface area contributed by atoms with Crippen molar-refractivity contribution in [2.45, 2.75) is 0 Å². The molecule has 0 aromatic carbocycles. The quantitative estimate of drug-likeness (QED) is 0.400. The van der Waals surface area contributed by atoms with E-state index in [1.807, 2.05) is 0 Å². The fourth-order valence-corrected chi connectivity index (χ4v) is 1.56. The van der Waals surface area contributed by atoms with Gasteiger partial charge in [0.2, 0.25) is 0 Å². The number of hydrogen-bond acceptors (Lipinski definition) is 6. The van der Waals surface area contributed by atoms with Crippen LogP contribution >= 0.6 is 16.5 Å². The van der Waals surface area contributed by atoms with Gasteiger partial charge < -0.3 is 29.0 Å². The molecule has 0 heterocycles. The molecule has 0 aliphatic rings. The van der Waals surface area contributed by atoms with Crippen molar-refractivity contribution in [3.63, 3.8) is 0 Å². The molecular weight excluding hydrogens is 250 g/mol. The third kappa shape index (κ3) is 6.40. The molecule has 0 rings (SSSR count). The van der Waals surface area contributed by atoms with E-state index < -0.39 is 48.4 Å². The molecule has 0 bridgehead atoms. The predicted octanol–water partition coefficient (Wildman–Crippen LogP) is -1.25. The van der Waals surface area contributed by atoms with Crippen molar-refractivity contribution < 1.29 is 38.2 Å². The first-order valence-corrected chi connectivity index (χ1v) is 6.42. The van der Waals surface area contributed by atoms with Gasteiger partial charge in [0.15, 0.2) is 0 Å². The van der Waals surface area contributed by atoms with E-state index in [2.05, 4.69) is 9.05 Å². The second-order valence-electron chi connectivity index (χ2n) is 2.93. The van der Waals surface area contributed by atoms with Crippen LogP contribution in [0.25, 0.3) is 0 Å². The maximum atomic E-state index is 10.3. The van der Waals surface area contributed by atoms with E-state index in [-0.39, 0.29) is 0 Å². The number of aliphatic hydroxyl groups excluding tert-OH is 2. The van der Waals surface area contributed by atoms with Crippen LogP contribution in [0.4, 0.5) is 0 Å². The van der Waals surface area contributed by atoms with Crippen molar-refractivity contribution in [3.8, 4) is 0 Å². The highest BCUT2D eigenvalue weighted by Crippen LogP contribution is 2.27. The molecule has 15 heavy (non-hydrogen) atoms. The molecule has 0 saturated carbocycles. The third-order valence-corrected chi connectivity index (χ3v) is 2.46. The van der Waals surface area contributed by atoms with Crippen LogP contribution in [0.15, 0.2) is 0 Å². The summed E-state index contributed by atoms with van der Waals surface area (Å²) in [6, 6.07) is 0. The van der Waals surface area contributed by atoms with Crippen LogP contribution in [0.1, 0.15) is 0 Å². The molecule has 8 nitrogen and oxygen atoms in total. The minimum Gasteiger partial charge on any atom is -0.396 e. The molecule has 0 amide bonds. The molecule has 2 atom stereocenters. The first-order valence-electron chi connectivity index (χ1n) is 3.89. The van der Waals surface area contributed by atoms with Gasteiger partial charge >= 0.3 is 16.5 Å². The highest BCUT2D eigenvalue weighted by atomic mass is 31.1. The topological polar surface area (TPSA) is 134 Å². The first kappa shape index (κ1) is 15.2. The van der Waals surface area contributed by atoms with Crippen LogP contribution in [0, 0.1) is 5.41 Å². The molecule has 92 valence electrons. The summed E-state index contributed by atoms with van der Waals surface area (Å²) in [5.41, 5.74) is -1.36. The summed E-state index contributed by atoms with van der Waals surface area (Å²) in [7, 11) is -6.37. The molecule has 10 heteroatoms. The van der Waals surface area contributed by atoms with E-state index in [1.54, 1.807) is 0 Å². The van der Waals surface area contributed by atoms with Gasteiger partial charge in [0.1, 0.15) is 0 Å². The van der Waals surface area contributed by atoms with Gasteiger partial charge in [-0.3, -0.25) is 9.13 Å². The Kier molecular flexibility index (Phi) is 7.60. The molecule has 0 aromatic heterocycles. The Bertz CT molecular complexity index is 207. The maximum absolute atomic E-state index is 10.3. The Labute approximate surface area is 87.4 Å². The highest BCUT2D eigenvalue weighted by Gasteiger charge is 2.31. The summed E-state index contributed by atoms with van der Waals surface area (Å²) in [4.78, 5) is 16.8. The Morgan fingerprint density at radius 1 is 0.933 bits per heavy atom. The molecule has 4 N–H and O–H groups in total. The lowest BCUT2D eigenvalue weighted by molar-refractivity contribution is -0.0193. The summed E-state index contributed by atoms with van der Waals surface area (Å²) >= 11 is 0. The Morgan fingerprint density at radius 2 is 1.27 bits per heavy atom. The molecular formula is C5H14O8P2. The molecule has 0 radical (unpaired) electrons. The molecule has 2 unspecified atom stereocenters.